The number of carboxylic acid groups (broad SMARTS) is 1. The van der Waals surface area contributed by atoms with E-state index in [2.05, 4.69) is 5.32 Å². The molecule has 242 valence electrons. The summed E-state index contributed by atoms with van der Waals surface area (Å²) in [5.41, 5.74) is 0. The lowest BCUT2D eigenvalue weighted by atomic mass is 10.3. The van der Waals surface area contributed by atoms with Gasteiger partial charge >= 0.3 is 5.97 Å². The fourth-order valence-corrected chi connectivity index (χ4v) is 3.16. The molecular weight excluding hydrogens is 560 g/mol. The summed E-state index contributed by atoms with van der Waals surface area (Å²) >= 11 is 0. The number of hydrogen-bond donors (Lipinski definition) is 2. The van der Waals surface area contributed by atoms with Gasteiger partial charge in [0.15, 0.2) is 0 Å². The Hall–Kier alpha value is -2.50. The number of imide groups is 1. The van der Waals surface area contributed by atoms with Crippen molar-refractivity contribution in [3.05, 3.63) is 12.2 Å². The van der Waals surface area contributed by atoms with Crippen molar-refractivity contribution >= 4 is 23.7 Å². The fourth-order valence-electron chi connectivity index (χ4n) is 3.16. The largest absolute Gasteiger partial charge is 0.481 e. The Labute approximate surface area is 246 Å². The predicted molar refractivity (Wildman–Crippen MR) is 147 cm³/mol. The molecule has 15 nitrogen and oxygen atoms in total. The lowest BCUT2D eigenvalue weighted by molar-refractivity contribution is -0.139. The van der Waals surface area contributed by atoms with Gasteiger partial charge in [0.05, 0.1) is 112 Å². The van der Waals surface area contributed by atoms with E-state index in [1.165, 1.54) is 12.2 Å². The topological polar surface area (TPSA) is 178 Å². The number of carbonyl (C=O) groups excluding carboxylic acids is 3. The molecule has 1 heterocycles. The molecule has 42 heavy (non-hydrogen) atoms. The summed E-state index contributed by atoms with van der Waals surface area (Å²) in [6.07, 6.45) is 2.96. The smallest absolute Gasteiger partial charge is 0.303 e. The third-order valence-corrected chi connectivity index (χ3v) is 5.32. The van der Waals surface area contributed by atoms with Crippen LogP contribution in [-0.4, -0.2) is 152 Å². The van der Waals surface area contributed by atoms with Gasteiger partial charge in [0.1, 0.15) is 0 Å². The third kappa shape index (κ3) is 23.1. The van der Waals surface area contributed by atoms with Crippen LogP contribution >= 0.6 is 0 Å². The Morgan fingerprint density at radius 3 is 1.31 bits per heavy atom. The number of amides is 3. The zero-order valence-corrected chi connectivity index (χ0v) is 24.3. The highest BCUT2D eigenvalue weighted by molar-refractivity contribution is 6.12. The Morgan fingerprint density at radius 2 is 0.929 bits per heavy atom. The second kappa shape index (κ2) is 27.3. The van der Waals surface area contributed by atoms with Crippen molar-refractivity contribution < 1.29 is 62.2 Å². The maximum Gasteiger partial charge on any atom is 0.303 e. The molecule has 0 radical (unpaired) electrons. The number of carbonyl (C=O) groups is 4. The average molecular weight is 607 g/mol. The fraction of sp³-hybridized carbons (Fsp3) is 0.778. The number of rotatable bonds is 31. The van der Waals surface area contributed by atoms with Crippen molar-refractivity contribution in [2.24, 2.45) is 0 Å². The molecule has 0 saturated heterocycles. The van der Waals surface area contributed by atoms with E-state index >= 15 is 0 Å². The number of carboxylic acids is 1. The maximum atomic E-state index is 11.4. The van der Waals surface area contributed by atoms with Crippen LogP contribution in [0.25, 0.3) is 0 Å². The van der Waals surface area contributed by atoms with Crippen LogP contribution in [0, 0.1) is 0 Å². The van der Waals surface area contributed by atoms with Crippen LogP contribution in [0.3, 0.4) is 0 Å². The quantitative estimate of drug-likeness (QED) is 0.0757. The van der Waals surface area contributed by atoms with Gasteiger partial charge in [-0.1, -0.05) is 0 Å². The first-order valence-electron chi connectivity index (χ1n) is 14.1. The van der Waals surface area contributed by atoms with Crippen molar-refractivity contribution in [1.29, 1.82) is 0 Å². The van der Waals surface area contributed by atoms with Crippen molar-refractivity contribution in [3.63, 3.8) is 0 Å². The molecule has 0 spiro atoms. The SMILES string of the molecule is O=C(O)CCC(=O)NCCCOCCOCCOCCOCCOCCOCCOCCOCCN1C(=O)C=CC1=O. The molecule has 2 N–H and O–H groups in total. The van der Waals surface area contributed by atoms with Gasteiger partial charge in [0.2, 0.25) is 5.91 Å². The van der Waals surface area contributed by atoms with Crippen molar-refractivity contribution in [2.75, 3.05) is 119 Å². The molecule has 0 aliphatic carbocycles. The maximum absolute atomic E-state index is 11.4. The second-order valence-electron chi connectivity index (χ2n) is 8.66. The number of aliphatic carboxylic acids is 1. The molecule has 1 aliphatic rings. The van der Waals surface area contributed by atoms with Crippen LogP contribution in [0.1, 0.15) is 19.3 Å². The van der Waals surface area contributed by atoms with Gasteiger partial charge in [-0.25, -0.2) is 0 Å². The predicted octanol–water partition coefficient (Wildman–Crippen LogP) is -0.585. The number of nitrogens with zero attached hydrogens (tertiary/aromatic N) is 1. The highest BCUT2D eigenvalue weighted by atomic mass is 16.6. The van der Waals surface area contributed by atoms with Gasteiger partial charge < -0.3 is 48.3 Å². The molecule has 0 fully saturated rings. The number of nitrogens with one attached hydrogen (secondary N) is 1. The van der Waals surface area contributed by atoms with E-state index in [9.17, 15) is 19.2 Å². The van der Waals surface area contributed by atoms with Crippen molar-refractivity contribution in [1.82, 2.24) is 10.2 Å². The zero-order valence-electron chi connectivity index (χ0n) is 24.3. The van der Waals surface area contributed by atoms with Crippen LogP contribution in [-0.2, 0) is 57.1 Å². The van der Waals surface area contributed by atoms with Crippen molar-refractivity contribution in [2.45, 2.75) is 19.3 Å². The zero-order chi connectivity index (χ0) is 30.5. The van der Waals surface area contributed by atoms with E-state index in [4.69, 9.17) is 43.0 Å². The van der Waals surface area contributed by atoms with Gasteiger partial charge in [-0.15, -0.1) is 0 Å². The summed E-state index contributed by atoms with van der Waals surface area (Å²) in [4.78, 5) is 45.6. The first-order chi connectivity index (χ1) is 20.5. The van der Waals surface area contributed by atoms with Gasteiger partial charge in [0, 0.05) is 31.7 Å². The Kier molecular flexibility index (Phi) is 24.4. The number of hydrogen-bond acceptors (Lipinski definition) is 12. The Bertz CT molecular complexity index is 748. The molecule has 0 aromatic carbocycles. The second-order valence-corrected chi connectivity index (χ2v) is 8.66. The molecule has 0 bridgehead atoms. The van der Waals surface area contributed by atoms with E-state index < -0.39 is 5.97 Å². The minimum atomic E-state index is -0.988. The van der Waals surface area contributed by atoms with Crippen LogP contribution in [0.5, 0.6) is 0 Å². The van der Waals surface area contributed by atoms with Gasteiger partial charge in [-0.2, -0.15) is 0 Å². The van der Waals surface area contributed by atoms with Gasteiger partial charge in [-0.05, 0) is 6.42 Å². The molecule has 1 rings (SSSR count). The normalized spacial score (nSPS) is 12.9. The molecule has 15 heteroatoms. The monoisotopic (exact) mass is 606 g/mol. The van der Waals surface area contributed by atoms with E-state index in [0.717, 1.165) is 4.90 Å². The third-order valence-electron chi connectivity index (χ3n) is 5.32. The Morgan fingerprint density at radius 1 is 0.571 bits per heavy atom. The Balaban J connectivity index is 1.66. The highest BCUT2D eigenvalue weighted by Gasteiger charge is 2.22. The average Bonchev–Trinajstić information content (AvgIpc) is 3.29. The van der Waals surface area contributed by atoms with E-state index in [1.807, 2.05) is 0 Å². The summed E-state index contributed by atoms with van der Waals surface area (Å²) in [6, 6.07) is 0. The van der Waals surface area contributed by atoms with Gasteiger partial charge in [0.25, 0.3) is 11.8 Å². The van der Waals surface area contributed by atoms with Crippen molar-refractivity contribution in [3.8, 4) is 0 Å². The summed E-state index contributed by atoms with van der Waals surface area (Å²) in [5, 5.41) is 11.2. The molecular formula is C27H46N2O13. The lowest BCUT2D eigenvalue weighted by Gasteiger charge is -2.13. The van der Waals surface area contributed by atoms with E-state index in [0.29, 0.717) is 112 Å². The van der Waals surface area contributed by atoms with Crippen LogP contribution in [0.2, 0.25) is 0 Å². The van der Waals surface area contributed by atoms with Crippen LogP contribution in [0.4, 0.5) is 0 Å². The minimum Gasteiger partial charge on any atom is -0.481 e. The van der Waals surface area contributed by atoms with E-state index in [1.54, 1.807) is 0 Å². The van der Waals surface area contributed by atoms with E-state index in [-0.39, 0.29) is 43.7 Å². The molecule has 1 aliphatic heterocycles. The molecule has 3 amide bonds. The standard InChI is InChI=1S/C27H46N2O13/c30-24(2-5-27(33)34)28-6-1-8-35-10-12-37-14-16-39-18-20-41-22-23-42-21-19-40-17-15-38-13-11-36-9-7-29-25(31)3-4-26(29)32/h3-4H,1-2,5-23H2,(H,28,30)(H,33,34). The summed E-state index contributed by atoms with van der Waals surface area (Å²) < 4.78 is 43.2. The molecule has 0 saturated carbocycles. The molecule has 0 aromatic rings. The first kappa shape index (κ1) is 37.5. The van der Waals surface area contributed by atoms with Crippen LogP contribution in [0.15, 0.2) is 12.2 Å². The summed E-state index contributed by atoms with van der Waals surface area (Å²) in [7, 11) is 0. The molecule has 0 atom stereocenters. The minimum absolute atomic E-state index is 0.0152. The van der Waals surface area contributed by atoms with Gasteiger partial charge in [-0.3, -0.25) is 24.1 Å². The molecule has 0 unspecified atom stereocenters. The first-order valence-corrected chi connectivity index (χ1v) is 14.1. The summed E-state index contributed by atoms with van der Waals surface area (Å²) in [5.74, 6) is -1.89. The molecule has 0 aromatic heterocycles. The summed E-state index contributed by atoms with van der Waals surface area (Å²) in [6.45, 7) is 7.62. The highest BCUT2D eigenvalue weighted by Crippen LogP contribution is 2.02. The lowest BCUT2D eigenvalue weighted by Crippen LogP contribution is -2.33. The number of ether oxygens (including phenoxy) is 8. The van der Waals surface area contributed by atoms with Crippen LogP contribution < -0.4 is 5.32 Å².